The highest BCUT2D eigenvalue weighted by Crippen LogP contribution is 2.12. The quantitative estimate of drug-likeness (QED) is 0.584. The van der Waals surface area contributed by atoms with E-state index in [-0.39, 0.29) is 6.61 Å². The first-order valence-electron chi connectivity index (χ1n) is 5.89. The van der Waals surface area contributed by atoms with Crippen molar-refractivity contribution in [3.63, 3.8) is 0 Å². The number of carbonyl (C=O) groups excluding carboxylic acids is 2. The molecule has 7 heteroatoms. The van der Waals surface area contributed by atoms with Gasteiger partial charge in [0.25, 0.3) is 0 Å². The molecule has 0 saturated heterocycles. The van der Waals surface area contributed by atoms with Crippen molar-refractivity contribution in [3.8, 4) is 0 Å². The Morgan fingerprint density at radius 2 is 1.80 bits per heavy atom. The van der Waals surface area contributed by atoms with Gasteiger partial charge in [0.05, 0.1) is 5.92 Å². The van der Waals surface area contributed by atoms with E-state index in [1.54, 1.807) is 24.3 Å². The third-order valence-corrected chi connectivity index (χ3v) is 2.67. The Morgan fingerprint density at radius 1 is 1.20 bits per heavy atom. The van der Waals surface area contributed by atoms with Crippen molar-refractivity contribution in [2.45, 2.75) is 19.1 Å². The number of nitrogens with two attached hydrogens (primary N) is 2. The van der Waals surface area contributed by atoms with Gasteiger partial charge in [-0.25, -0.2) is 0 Å². The van der Waals surface area contributed by atoms with E-state index in [4.69, 9.17) is 21.3 Å². The van der Waals surface area contributed by atoms with E-state index in [1.165, 1.54) is 0 Å². The lowest BCUT2D eigenvalue weighted by Gasteiger charge is -2.18. The van der Waals surface area contributed by atoms with Gasteiger partial charge in [0, 0.05) is 6.42 Å². The zero-order valence-corrected chi connectivity index (χ0v) is 10.7. The highest BCUT2D eigenvalue weighted by atomic mass is 16.5. The Hall–Kier alpha value is -2.41. The van der Waals surface area contributed by atoms with Crippen LogP contribution < -0.4 is 11.5 Å². The van der Waals surface area contributed by atoms with Crippen molar-refractivity contribution in [3.05, 3.63) is 35.9 Å². The van der Waals surface area contributed by atoms with E-state index < -0.39 is 36.2 Å². The Labute approximate surface area is 115 Å². The van der Waals surface area contributed by atoms with Crippen LogP contribution in [0.3, 0.4) is 0 Å². The van der Waals surface area contributed by atoms with Crippen LogP contribution in [0.5, 0.6) is 0 Å². The van der Waals surface area contributed by atoms with Crippen molar-refractivity contribution >= 4 is 17.8 Å². The summed E-state index contributed by atoms with van der Waals surface area (Å²) in [6.07, 6.45) is -0.471. The number of amides is 1. The number of benzene rings is 1. The maximum Gasteiger partial charge on any atom is 0.321 e. The number of ether oxygens (including phenoxy) is 1. The van der Waals surface area contributed by atoms with Gasteiger partial charge in [-0.3, -0.25) is 14.4 Å². The average molecular weight is 280 g/mol. The molecule has 7 nitrogen and oxygen atoms in total. The molecule has 0 aliphatic carbocycles. The van der Waals surface area contributed by atoms with Crippen LogP contribution in [0, 0.1) is 5.92 Å². The first-order valence-corrected chi connectivity index (χ1v) is 5.89. The molecule has 0 saturated carbocycles. The predicted molar refractivity (Wildman–Crippen MR) is 69.2 cm³/mol. The van der Waals surface area contributed by atoms with Crippen LogP contribution in [0.2, 0.25) is 0 Å². The third-order valence-electron chi connectivity index (χ3n) is 2.67. The second kappa shape index (κ2) is 7.25. The molecule has 0 spiro atoms. The van der Waals surface area contributed by atoms with Crippen molar-refractivity contribution in [1.82, 2.24) is 0 Å². The molecule has 20 heavy (non-hydrogen) atoms. The van der Waals surface area contributed by atoms with Crippen molar-refractivity contribution in [2.24, 2.45) is 17.4 Å². The zero-order valence-electron chi connectivity index (χ0n) is 10.7. The number of hydrogen-bond donors (Lipinski definition) is 3. The van der Waals surface area contributed by atoms with Gasteiger partial charge in [-0.1, -0.05) is 30.3 Å². The van der Waals surface area contributed by atoms with E-state index in [1.807, 2.05) is 6.07 Å². The molecule has 1 rings (SSSR count). The molecule has 1 aromatic rings. The topological polar surface area (TPSA) is 133 Å². The molecule has 0 aliphatic rings. The average Bonchev–Trinajstić information content (AvgIpc) is 2.42. The number of aliphatic carboxylic acids is 1. The maximum absolute atomic E-state index is 11.8. The summed E-state index contributed by atoms with van der Waals surface area (Å²) in [6.45, 7) is -0.0265. The van der Waals surface area contributed by atoms with Crippen molar-refractivity contribution < 1.29 is 24.2 Å². The third kappa shape index (κ3) is 4.69. The number of primary amides is 1. The summed E-state index contributed by atoms with van der Waals surface area (Å²) in [5, 5.41) is 8.81. The molecular weight excluding hydrogens is 264 g/mol. The lowest BCUT2D eigenvalue weighted by Crippen LogP contribution is -2.44. The number of hydrogen-bond acceptors (Lipinski definition) is 5. The maximum atomic E-state index is 11.8. The molecule has 0 heterocycles. The molecule has 1 amide bonds. The summed E-state index contributed by atoms with van der Waals surface area (Å²) in [5.41, 5.74) is 11.1. The minimum absolute atomic E-state index is 0.0265. The second-order valence-electron chi connectivity index (χ2n) is 4.23. The normalized spacial score (nSPS) is 13.2. The van der Waals surface area contributed by atoms with Gasteiger partial charge >= 0.3 is 11.9 Å². The minimum atomic E-state index is -1.54. The van der Waals surface area contributed by atoms with Gasteiger partial charge in [0.2, 0.25) is 5.91 Å². The summed E-state index contributed by atoms with van der Waals surface area (Å²) in [5.74, 6) is -4.37. The SMILES string of the molecule is NC(=O)CC(C(=O)OCc1ccccc1)[C@H](N)C(=O)O. The molecule has 2 atom stereocenters. The molecule has 108 valence electrons. The van der Waals surface area contributed by atoms with Crippen LogP contribution in [0.1, 0.15) is 12.0 Å². The first kappa shape index (κ1) is 15.6. The van der Waals surface area contributed by atoms with E-state index in [9.17, 15) is 14.4 Å². The largest absolute Gasteiger partial charge is 0.480 e. The Balaban J connectivity index is 2.68. The minimum Gasteiger partial charge on any atom is -0.480 e. The van der Waals surface area contributed by atoms with Crippen LogP contribution in [-0.4, -0.2) is 29.0 Å². The second-order valence-corrected chi connectivity index (χ2v) is 4.23. The zero-order chi connectivity index (χ0) is 15.1. The molecular formula is C13H16N2O5. The number of carboxylic acids is 1. The molecule has 0 bridgehead atoms. The van der Waals surface area contributed by atoms with Crippen molar-refractivity contribution in [2.75, 3.05) is 0 Å². The van der Waals surface area contributed by atoms with E-state index in [0.29, 0.717) is 0 Å². The highest BCUT2D eigenvalue weighted by Gasteiger charge is 2.33. The van der Waals surface area contributed by atoms with Crippen LogP contribution in [0.15, 0.2) is 30.3 Å². The first-order chi connectivity index (χ1) is 9.41. The summed E-state index contributed by atoms with van der Waals surface area (Å²) in [4.78, 5) is 33.5. The molecule has 0 radical (unpaired) electrons. The van der Waals surface area contributed by atoms with Gasteiger partial charge in [-0.05, 0) is 5.56 Å². The van der Waals surface area contributed by atoms with Gasteiger partial charge in [-0.2, -0.15) is 0 Å². The number of carboxylic acid groups (broad SMARTS) is 1. The number of carbonyl (C=O) groups is 3. The monoisotopic (exact) mass is 280 g/mol. The summed E-state index contributed by atoms with van der Waals surface area (Å²) in [6, 6.07) is 7.30. The summed E-state index contributed by atoms with van der Waals surface area (Å²) in [7, 11) is 0. The Kier molecular flexibility index (Phi) is 5.67. The van der Waals surface area contributed by atoms with E-state index in [2.05, 4.69) is 0 Å². The van der Waals surface area contributed by atoms with E-state index >= 15 is 0 Å². The van der Waals surface area contributed by atoms with Crippen LogP contribution in [0.25, 0.3) is 0 Å². The van der Waals surface area contributed by atoms with Crippen LogP contribution >= 0.6 is 0 Å². The molecule has 1 aromatic carbocycles. The van der Waals surface area contributed by atoms with Gasteiger partial charge < -0.3 is 21.3 Å². The van der Waals surface area contributed by atoms with Gasteiger partial charge in [0.15, 0.2) is 0 Å². The smallest absolute Gasteiger partial charge is 0.321 e. The van der Waals surface area contributed by atoms with Crippen LogP contribution in [-0.2, 0) is 25.7 Å². The lowest BCUT2D eigenvalue weighted by atomic mass is 9.96. The highest BCUT2D eigenvalue weighted by molar-refractivity contribution is 5.87. The number of esters is 1. The Morgan fingerprint density at radius 3 is 2.30 bits per heavy atom. The van der Waals surface area contributed by atoms with Gasteiger partial charge in [0.1, 0.15) is 12.6 Å². The molecule has 0 fully saturated rings. The standard InChI is InChI=1S/C13H16N2O5/c14-10(16)6-9(11(15)12(17)18)13(19)20-7-8-4-2-1-3-5-8/h1-5,9,11H,6-7,15H2,(H2,14,16)(H,17,18)/t9?,11-/m0/s1. The summed E-state index contributed by atoms with van der Waals surface area (Å²) >= 11 is 0. The molecule has 0 aromatic heterocycles. The predicted octanol–water partition coefficient (Wildman–Crippen LogP) is -0.367. The van der Waals surface area contributed by atoms with Gasteiger partial charge in [-0.15, -0.1) is 0 Å². The molecule has 5 N–H and O–H groups in total. The Bertz CT molecular complexity index is 489. The van der Waals surface area contributed by atoms with Crippen molar-refractivity contribution in [1.29, 1.82) is 0 Å². The fourth-order valence-electron chi connectivity index (χ4n) is 1.58. The lowest BCUT2D eigenvalue weighted by molar-refractivity contribution is -0.156. The molecule has 0 aliphatic heterocycles. The fraction of sp³-hybridized carbons (Fsp3) is 0.308. The summed E-state index contributed by atoms with van der Waals surface area (Å²) < 4.78 is 4.97. The van der Waals surface area contributed by atoms with E-state index in [0.717, 1.165) is 5.56 Å². The fourth-order valence-corrected chi connectivity index (χ4v) is 1.58. The molecule has 1 unspecified atom stereocenters. The van der Waals surface area contributed by atoms with Crippen LogP contribution in [0.4, 0.5) is 0 Å². The number of rotatable bonds is 7.